The van der Waals surface area contributed by atoms with Crippen molar-refractivity contribution in [2.45, 2.75) is 13.3 Å². The normalized spacial score (nSPS) is 9.68. The van der Waals surface area contributed by atoms with E-state index < -0.39 is 4.92 Å². The van der Waals surface area contributed by atoms with Crippen LogP contribution < -0.4 is 0 Å². The number of benzene rings is 1. The fraction of sp³-hybridized carbons (Fsp3) is 0.200. The van der Waals surface area contributed by atoms with Crippen LogP contribution in [0.25, 0.3) is 5.69 Å². The van der Waals surface area contributed by atoms with Gasteiger partial charge in [-0.15, -0.1) is 0 Å². The van der Waals surface area contributed by atoms with Gasteiger partial charge in [0.25, 0.3) is 5.69 Å². The first-order chi connectivity index (χ1) is 10.6. The minimum absolute atomic E-state index is 0.00942. The number of carbonyl (C=O) groups is 1. The number of nitro groups is 1. The molecule has 0 aliphatic heterocycles. The van der Waals surface area contributed by atoms with Gasteiger partial charge in [-0.3, -0.25) is 14.9 Å². The summed E-state index contributed by atoms with van der Waals surface area (Å²) in [6, 6.07) is 6.28. The molecule has 1 aromatic heterocycles. The highest BCUT2D eigenvalue weighted by molar-refractivity contribution is 5.72. The number of aromatic nitrogens is 2. The van der Waals surface area contributed by atoms with Crippen LogP contribution in [0.1, 0.15) is 18.9 Å². The molecule has 0 unspecified atom stereocenters. The van der Waals surface area contributed by atoms with E-state index in [-0.39, 0.29) is 18.1 Å². The third-order valence-corrected chi connectivity index (χ3v) is 2.68. The fourth-order valence-corrected chi connectivity index (χ4v) is 1.76. The Balaban J connectivity index is 2.18. The van der Waals surface area contributed by atoms with E-state index in [0.717, 1.165) is 0 Å². The summed E-state index contributed by atoms with van der Waals surface area (Å²) < 4.78 is 6.14. The van der Waals surface area contributed by atoms with E-state index in [1.807, 2.05) is 0 Å². The molecule has 2 aromatic rings. The number of hydrogen-bond donors (Lipinski definition) is 0. The molecule has 0 aliphatic carbocycles. The molecule has 1 aromatic carbocycles. The van der Waals surface area contributed by atoms with E-state index in [1.165, 1.54) is 16.9 Å². The van der Waals surface area contributed by atoms with Crippen LogP contribution >= 0.6 is 0 Å². The molecule has 0 saturated carbocycles. The second-order valence-electron chi connectivity index (χ2n) is 4.20. The number of nitro benzene ring substituents is 1. The Morgan fingerprint density at radius 2 is 2.23 bits per heavy atom. The average molecular weight is 299 g/mol. The van der Waals surface area contributed by atoms with Crippen molar-refractivity contribution >= 4 is 11.7 Å². The van der Waals surface area contributed by atoms with Crippen LogP contribution in [-0.2, 0) is 9.53 Å². The maximum absolute atomic E-state index is 11.2. The summed E-state index contributed by atoms with van der Waals surface area (Å²) in [4.78, 5) is 21.7. The Hall–Kier alpha value is -3.14. The van der Waals surface area contributed by atoms with Crippen LogP contribution in [0, 0.1) is 22.0 Å². The van der Waals surface area contributed by atoms with Crippen molar-refractivity contribution < 1.29 is 14.5 Å². The van der Waals surface area contributed by atoms with Crippen LogP contribution in [0.3, 0.4) is 0 Å². The van der Waals surface area contributed by atoms with Gasteiger partial charge in [0, 0.05) is 12.3 Å². The van der Waals surface area contributed by atoms with Crippen LogP contribution in [0.15, 0.2) is 36.7 Å². The second-order valence-corrected chi connectivity index (χ2v) is 4.20. The van der Waals surface area contributed by atoms with Crippen LogP contribution in [0.5, 0.6) is 0 Å². The summed E-state index contributed by atoms with van der Waals surface area (Å²) in [6.45, 7) is 2.04. The molecule has 1 heterocycles. The predicted molar refractivity (Wildman–Crippen MR) is 78.3 cm³/mol. The third-order valence-electron chi connectivity index (χ3n) is 2.68. The molecule has 0 fully saturated rings. The second kappa shape index (κ2) is 7.04. The number of hydrogen-bond acceptors (Lipinski definition) is 5. The predicted octanol–water partition coefficient (Wildman–Crippen LogP) is 2.09. The van der Waals surface area contributed by atoms with Crippen LogP contribution in [0.4, 0.5) is 5.69 Å². The molecule has 7 nitrogen and oxygen atoms in total. The lowest BCUT2D eigenvalue weighted by Crippen LogP contribution is -2.01. The first-order valence-electron chi connectivity index (χ1n) is 6.54. The first-order valence-corrected chi connectivity index (χ1v) is 6.54. The van der Waals surface area contributed by atoms with Gasteiger partial charge in [-0.05, 0) is 13.0 Å². The van der Waals surface area contributed by atoms with E-state index in [9.17, 15) is 14.9 Å². The maximum atomic E-state index is 11.2. The Labute approximate surface area is 126 Å². The molecule has 0 aliphatic rings. The lowest BCUT2D eigenvalue weighted by Gasteiger charge is -2.01. The molecule has 0 radical (unpaired) electrons. The van der Waals surface area contributed by atoms with Gasteiger partial charge in [0.05, 0.1) is 23.3 Å². The van der Waals surface area contributed by atoms with Gasteiger partial charge in [0.2, 0.25) is 0 Å². The molecule has 0 bridgehead atoms. The molecule has 112 valence electrons. The number of ether oxygens (including phenoxy) is 1. The standard InChI is InChI=1S/C15H13N3O4/c1-2-22-15(19)9-5-6-12-10-16-17(11-12)13-7-3-4-8-14(13)18(20)21/h3-4,7-8,10-11H,2,9H2,1H3. The van der Waals surface area contributed by atoms with Crippen molar-refractivity contribution in [2.75, 3.05) is 6.61 Å². The van der Waals surface area contributed by atoms with Crippen molar-refractivity contribution in [3.05, 3.63) is 52.3 Å². The SMILES string of the molecule is CCOC(=O)CC#Cc1cnn(-c2ccccc2[N+](=O)[O-])c1. The minimum Gasteiger partial charge on any atom is -0.465 e. The molecule has 0 spiro atoms. The third kappa shape index (κ3) is 3.70. The first kappa shape index (κ1) is 15.3. The van der Waals surface area contributed by atoms with E-state index in [1.54, 1.807) is 31.3 Å². The van der Waals surface area contributed by atoms with Gasteiger partial charge in [0.1, 0.15) is 12.1 Å². The largest absolute Gasteiger partial charge is 0.465 e. The van der Waals surface area contributed by atoms with Crippen molar-refractivity contribution in [1.29, 1.82) is 0 Å². The van der Waals surface area contributed by atoms with Gasteiger partial charge in [0.15, 0.2) is 0 Å². The zero-order valence-corrected chi connectivity index (χ0v) is 11.9. The average Bonchev–Trinajstić information content (AvgIpc) is 2.96. The van der Waals surface area contributed by atoms with Crippen molar-refractivity contribution in [2.24, 2.45) is 0 Å². The summed E-state index contributed by atoms with van der Waals surface area (Å²) >= 11 is 0. The number of carbonyl (C=O) groups excluding carboxylic acids is 1. The van der Waals surface area contributed by atoms with Gasteiger partial charge < -0.3 is 4.74 Å². The molecule has 22 heavy (non-hydrogen) atoms. The monoisotopic (exact) mass is 299 g/mol. The maximum Gasteiger partial charge on any atom is 0.317 e. The van der Waals surface area contributed by atoms with Crippen LogP contribution in [-0.4, -0.2) is 27.3 Å². The van der Waals surface area contributed by atoms with Crippen molar-refractivity contribution in [3.8, 4) is 17.5 Å². The van der Waals surface area contributed by atoms with Gasteiger partial charge in [-0.25, -0.2) is 4.68 Å². The fourth-order valence-electron chi connectivity index (χ4n) is 1.76. The molecule has 0 N–H and O–H groups in total. The zero-order chi connectivity index (χ0) is 15.9. The number of para-hydroxylation sites is 2. The molecule has 2 rings (SSSR count). The van der Waals surface area contributed by atoms with Gasteiger partial charge in [-0.2, -0.15) is 5.10 Å². The van der Waals surface area contributed by atoms with E-state index in [4.69, 9.17) is 4.74 Å². The number of esters is 1. The summed E-state index contributed by atoms with van der Waals surface area (Å²) in [6.07, 6.45) is 3.04. The summed E-state index contributed by atoms with van der Waals surface area (Å²) in [5.41, 5.74) is 0.866. The molecular weight excluding hydrogens is 286 g/mol. The minimum atomic E-state index is -0.469. The zero-order valence-electron chi connectivity index (χ0n) is 11.9. The Bertz CT molecular complexity index is 755. The molecule has 0 saturated heterocycles. The quantitative estimate of drug-likeness (QED) is 0.373. The smallest absolute Gasteiger partial charge is 0.317 e. The summed E-state index contributed by atoms with van der Waals surface area (Å²) in [5.74, 6) is 5.06. The number of rotatable bonds is 4. The van der Waals surface area contributed by atoms with E-state index in [2.05, 4.69) is 16.9 Å². The van der Waals surface area contributed by atoms with Gasteiger partial charge in [-0.1, -0.05) is 24.0 Å². The summed E-state index contributed by atoms with van der Waals surface area (Å²) in [5, 5.41) is 15.1. The number of nitrogens with zero attached hydrogens (tertiary/aromatic N) is 3. The Kier molecular flexibility index (Phi) is 4.88. The lowest BCUT2D eigenvalue weighted by atomic mass is 10.2. The van der Waals surface area contributed by atoms with Gasteiger partial charge >= 0.3 is 5.97 Å². The Morgan fingerprint density at radius 3 is 2.95 bits per heavy atom. The molecule has 0 atom stereocenters. The topological polar surface area (TPSA) is 87.3 Å². The van der Waals surface area contributed by atoms with E-state index >= 15 is 0 Å². The molecule has 7 heteroatoms. The molecule has 0 amide bonds. The lowest BCUT2D eigenvalue weighted by molar-refractivity contribution is -0.384. The molecular formula is C15H13N3O4. The highest BCUT2D eigenvalue weighted by Gasteiger charge is 2.14. The highest BCUT2D eigenvalue weighted by atomic mass is 16.6. The summed E-state index contributed by atoms with van der Waals surface area (Å²) in [7, 11) is 0. The van der Waals surface area contributed by atoms with E-state index in [0.29, 0.717) is 17.9 Å². The van der Waals surface area contributed by atoms with Crippen molar-refractivity contribution in [1.82, 2.24) is 9.78 Å². The highest BCUT2D eigenvalue weighted by Crippen LogP contribution is 2.21. The van der Waals surface area contributed by atoms with Crippen LogP contribution in [0.2, 0.25) is 0 Å². The van der Waals surface area contributed by atoms with Crippen molar-refractivity contribution in [3.63, 3.8) is 0 Å². The Morgan fingerprint density at radius 1 is 1.45 bits per heavy atom.